The van der Waals surface area contributed by atoms with Crippen LogP contribution in [0, 0.1) is 0 Å². The van der Waals surface area contributed by atoms with Crippen molar-refractivity contribution in [2.24, 2.45) is 0 Å². The summed E-state index contributed by atoms with van der Waals surface area (Å²) < 4.78 is 0. The van der Waals surface area contributed by atoms with Crippen LogP contribution in [0.5, 0.6) is 0 Å². The Hall–Kier alpha value is 0.0600. The van der Waals surface area contributed by atoms with Crippen molar-refractivity contribution in [2.45, 2.75) is 6.92 Å². The third kappa shape index (κ3) is 36.6. The van der Waals surface area contributed by atoms with Gasteiger partial charge >= 0.3 is 0 Å². The van der Waals surface area contributed by atoms with Crippen LogP contribution in [-0.4, -0.2) is 5.88 Å². The van der Waals surface area contributed by atoms with Gasteiger partial charge in [-0.15, -0.1) is 11.6 Å². The van der Waals surface area contributed by atoms with Crippen molar-refractivity contribution in [1.82, 2.24) is 0 Å². The Labute approximate surface area is 60.8 Å². The Balaban J connectivity index is 0. The number of rotatable bonds is 1. The molecule has 0 bridgehead atoms. The Morgan fingerprint density at radius 3 is 1.88 bits per heavy atom. The number of halogens is 2. The fourth-order valence-electron chi connectivity index (χ4n) is 0. The maximum Gasteiger partial charge on any atom is 0.0428 e. The molecule has 2 heteroatoms. The SMILES string of the molecule is C=C(C)CCl.C=CCl. The summed E-state index contributed by atoms with van der Waals surface area (Å²) in [4.78, 5) is 0. The van der Waals surface area contributed by atoms with Crippen molar-refractivity contribution < 1.29 is 0 Å². The maximum atomic E-state index is 5.24. The molecule has 0 aliphatic carbocycles. The van der Waals surface area contributed by atoms with Gasteiger partial charge in [0.15, 0.2) is 0 Å². The lowest BCUT2D eigenvalue weighted by molar-refractivity contribution is 1.43. The molecule has 0 aliphatic heterocycles. The Morgan fingerprint density at radius 2 is 1.88 bits per heavy atom. The number of alkyl halides is 1. The van der Waals surface area contributed by atoms with Crippen molar-refractivity contribution in [2.75, 3.05) is 5.88 Å². The first kappa shape index (κ1) is 10.9. The first-order valence-electron chi connectivity index (χ1n) is 2.10. The van der Waals surface area contributed by atoms with Crippen molar-refractivity contribution >= 4 is 23.2 Å². The molecule has 48 valence electrons. The minimum absolute atomic E-state index is 0.583. The van der Waals surface area contributed by atoms with E-state index in [0.29, 0.717) is 5.88 Å². The lowest BCUT2D eigenvalue weighted by atomic mass is 10.4. The van der Waals surface area contributed by atoms with Gasteiger partial charge in [-0.05, 0) is 12.5 Å². The molecular formula is C6H10Cl2. The van der Waals surface area contributed by atoms with E-state index in [1.165, 1.54) is 5.54 Å². The monoisotopic (exact) mass is 152 g/mol. The summed E-state index contributed by atoms with van der Waals surface area (Å²) in [6, 6.07) is 0. The molecule has 0 N–H and O–H groups in total. The third-order valence-electron chi connectivity index (χ3n) is 0.228. The first-order valence-corrected chi connectivity index (χ1v) is 3.07. The molecule has 0 unspecified atom stereocenters. The van der Waals surface area contributed by atoms with Crippen molar-refractivity contribution in [1.29, 1.82) is 0 Å². The highest BCUT2D eigenvalue weighted by Gasteiger charge is 1.70. The van der Waals surface area contributed by atoms with Crippen molar-refractivity contribution in [3.05, 3.63) is 24.3 Å². The highest BCUT2D eigenvalue weighted by atomic mass is 35.5. The molecule has 0 radical (unpaired) electrons. The molecule has 0 amide bonds. The second kappa shape index (κ2) is 10.1. The quantitative estimate of drug-likeness (QED) is 0.401. The molecule has 0 nitrogen and oxygen atoms in total. The highest BCUT2D eigenvalue weighted by Crippen LogP contribution is 1.86. The first-order chi connectivity index (χ1) is 3.68. The van der Waals surface area contributed by atoms with Gasteiger partial charge in [-0.3, -0.25) is 0 Å². The summed E-state index contributed by atoms with van der Waals surface area (Å²) in [5.74, 6) is 0.583. The van der Waals surface area contributed by atoms with Crippen LogP contribution in [0.3, 0.4) is 0 Å². The molecule has 0 aliphatic rings. The van der Waals surface area contributed by atoms with Gasteiger partial charge in [0, 0.05) is 5.88 Å². The fourth-order valence-corrected chi connectivity index (χ4v) is 0. The summed E-state index contributed by atoms with van der Waals surface area (Å²) in [5.41, 5.74) is 2.24. The van der Waals surface area contributed by atoms with Gasteiger partial charge < -0.3 is 0 Å². The van der Waals surface area contributed by atoms with Gasteiger partial charge in [-0.25, -0.2) is 0 Å². The van der Waals surface area contributed by atoms with E-state index in [1.807, 2.05) is 6.92 Å². The van der Waals surface area contributed by atoms with Crippen molar-refractivity contribution in [3.63, 3.8) is 0 Å². The average molecular weight is 153 g/mol. The van der Waals surface area contributed by atoms with Gasteiger partial charge in [0.25, 0.3) is 0 Å². The zero-order chi connectivity index (χ0) is 6.99. The summed E-state index contributed by atoms with van der Waals surface area (Å²) in [5, 5.41) is 0. The molecule has 0 spiro atoms. The second-order valence-corrected chi connectivity index (χ2v) is 1.82. The van der Waals surface area contributed by atoms with Crippen LogP contribution in [0.4, 0.5) is 0 Å². The zero-order valence-electron chi connectivity index (χ0n) is 4.95. The third-order valence-corrected chi connectivity index (χ3v) is 0.684. The van der Waals surface area contributed by atoms with Crippen LogP contribution in [0.15, 0.2) is 24.3 Å². The van der Waals surface area contributed by atoms with Crippen LogP contribution >= 0.6 is 23.2 Å². The number of hydrogen-bond donors (Lipinski definition) is 0. The molecule has 0 saturated carbocycles. The topological polar surface area (TPSA) is 0 Å². The van der Waals surface area contributed by atoms with Crippen LogP contribution < -0.4 is 0 Å². The molecule has 0 rings (SSSR count). The summed E-state index contributed by atoms with van der Waals surface area (Å²) in [6.07, 6.45) is 0. The molecule has 0 fully saturated rings. The summed E-state index contributed by atoms with van der Waals surface area (Å²) in [6.45, 7) is 8.56. The lowest BCUT2D eigenvalue weighted by Gasteiger charge is -1.77. The smallest absolute Gasteiger partial charge is 0.0428 e. The Kier molecular flexibility index (Phi) is 13.8. The molecule has 0 aromatic heterocycles. The van der Waals surface area contributed by atoms with Gasteiger partial charge in [-0.1, -0.05) is 30.3 Å². The maximum absolute atomic E-state index is 5.24. The van der Waals surface area contributed by atoms with E-state index in [2.05, 4.69) is 13.2 Å². The van der Waals surface area contributed by atoms with E-state index < -0.39 is 0 Å². The van der Waals surface area contributed by atoms with E-state index in [0.717, 1.165) is 5.57 Å². The van der Waals surface area contributed by atoms with Gasteiger partial charge in [0.05, 0.1) is 0 Å². The predicted octanol–water partition coefficient (Wildman–Crippen LogP) is 3.17. The minimum atomic E-state index is 0.583. The zero-order valence-corrected chi connectivity index (χ0v) is 6.47. The largest absolute Gasteiger partial charge is 0.122 e. The van der Waals surface area contributed by atoms with Crippen LogP contribution in [-0.2, 0) is 0 Å². The van der Waals surface area contributed by atoms with Gasteiger partial charge in [0.2, 0.25) is 0 Å². The minimum Gasteiger partial charge on any atom is -0.122 e. The van der Waals surface area contributed by atoms with Crippen LogP contribution in [0.25, 0.3) is 0 Å². The lowest BCUT2D eigenvalue weighted by Crippen LogP contribution is -1.65. The molecular weight excluding hydrogens is 143 g/mol. The molecule has 0 heterocycles. The van der Waals surface area contributed by atoms with Gasteiger partial charge in [0.1, 0.15) is 0 Å². The van der Waals surface area contributed by atoms with E-state index in [4.69, 9.17) is 23.2 Å². The summed E-state index contributed by atoms with van der Waals surface area (Å²) >= 11 is 10.00. The second-order valence-electron chi connectivity index (χ2n) is 1.25. The highest BCUT2D eigenvalue weighted by molar-refractivity contribution is 6.25. The Morgan fingerprint density at radius 1 is 1.75 bits per heavy atom. The van der Waals surface area contributed by atoms with Crippen molar-refractivity contribution in [3.8, 4) is 0 Å². The van der Waals surface area contributed by atoms with Crippen LogP contribution in [0.1, 0.15) is 6.92 Å². The molecule has 0 saturated heterocycles. The fraction of sp³-hybridized carbons (Fsp3) is 0.333. The Bertz CT molecular complexity index is 66.9. The average Bonchev–Trinajstić information content (AvgIpc) is 1.69. The van der Waals surface area contributed by atoms with E-state index >= 15 is 0 Å². The normalized spacial score (nSPS) is 6.38. The standard InChI is InChI=1S/C4H7Cl.C2H3Cl/c1-4(2)3-5;1-2-3/h1,3H2,2H3;2H,1H2. The van der Waals surface area contributed by atoms with E-state index in [9.17, 15) is 0 Å². The number of hydrogen-bond acceptors (Lipinski definition) is 0. The molecule has 0 atom stereocenters. The van der Waals surface area contributed by atoms with Gasteiger partial charge in [-0.2, -0.15) is 0 Å². The van der Waals surface area contributed by atoms with Crippen LogP contribution in [0.2, 0.25) is 0 Å². The number of allylic oxidation sites excluding steroid dienone is 1. The summed E-state index contributed by atoms with van der Waals surface area (Å²) in [7, 11) is 0. The van der Waals surface area contributed by atoms with E-state index in [1.54, 1.807) is 0 Å². The predicted molar refractivity (Wildman–Crippen MR) is 41.6 cm³/mol. The molecule has 0 aromatic carbocycles. The van der Waals surface area contributed by atoms with E-state index in [-0.39, 0.29) is 0 Å². The molecule has 0 aromatic rings. The molecule has 8 heavy (non-hydrogen) atoms.